The summed E-state index contributed by atoms with van der Waals surface area (Å²) in [6.07, 6.45) is 0.0143. The Balaban J connectivity index is 1.94. The molecule has 0 fully saturated rings. The van der Waals surface area contributed by atoms with Gasteiger partial charge in [-0.1, -0.05) is 18.2 Å². The third-order valence-corrected chi connectivity index (χ3v) is 3.58. The van der Waals surface area contributed by atoms with Gasteiger partial charge in [0, 0.05) is 0 Å². The molecule has 1 aliphatic heterocycles. The number of rotatable bonds is 9. The fraction of sp³-hybridized carbons (Fsp3) is 0.294. The molecule has 0 bridgehead atoms. The largest absolute Gasteiger partial charge is 0.481 e. The van der Waals surface area contributed by atoms with Gasteiger partial charge in [-0.25, -0.2) is 0 Å². The van der Waals surface area contributed by atoms with Crippen LogP contribution in [-0.2, 0) is 14.3 Å². The molecule has 1 atom stereocenters. The molecule has 2 rings (SSSR count). The summed E-state index contributed by atoms with van der Waals surface area (Å²) in [5.74, 6) is -2.63. The summed E-state index contributed by atoms with van der Waals surface area (Å²) in [4.78, 5) is 47.8. The Bertz CT molecular complexity index is 661. The highest BCUT2D eigenvalue weighted by Crippen LogP contribution is 2.22. The lowest BCUT2D eigenvalue weighted by Crippen LogP contribution is -2.35. The zero-order valence-electron chi connectivity index (χ0n) is 12.9. The van der Waals surface area contributed by atoms with Gasteiger partial charge in [0.25, 0.3) is 11.8 Å². The van der Waals surface area contributed by atoms with E-state index < -0.39 is 36.1 Å². The molecule has 2 amide bonds. The van der Waals surface area contributed by atoms with E-state index in [0.717, 1.165) is 4.90 Å². The first-order chi connectivity index (χ1) is 11.5. The van der Waals surface area contributed by atoms with Crippen molar-refractivity contribution in [3.8, 4) is 0 Å². The molecule has 126 valence electrons. The standard InChI is InChI=1S/C17H17NO6/c1-2-5-14(13(19)10-15(20)21)24-9-8-18-16(22)11-6-3-4-7-12(11)17(18)23/h2-4,6-7,14H,1,5,8-10H2,(H,20,21). The Morgan fingerprint density at radius 3 is 2.29 bits per heavy atom. The summed E-state index contributed by atoms with van der Waals surface area (Å²) in [5.41, 5.74) is 0.680. The van der Waals surface area contributed by atoms with Gasteiger partial charge < -0.3 is 9.84 Å². The molecule has 1 aromatic rings. The number of amides is 2. The van der Waals surface area contributed by atoms with Gasteiger partial charge >= 0.3 is 5.97 Å². The first-order valence-electron chi connectivity index (χ1n) is 7.38. The molecule has 0 aliphatic carbocycles. The van der Waals surface area contributed by atoms with Crippen molar-refractivity contribution in [1.29, 1.82) is 0 Å². The van der Waals surface area contributed by atoms with Gasteiger partial charge in [0.1, 0.15) is 12.5 Å². The number of ether oxygens (including phenoxy) is 1. The minimum atomic E-state index is -1.24. The van der Waals surface area contributed by atoms with Crippen LogP contribution in [0, 0.1) is 0 Å². The maximum atomic E-state index is 12.2. The number of carbonyl (C=O) groups is 4. The zero-order chi connectivity index (χ0) is 17.7. The molecule has 0 aromatic heterocycles. The Hall–Kier alpha value is -2.80. The number of carbonyl (C=O) groups excluding carboxylic acids is 3. The van der Waals surface area contributed by atoms with Crippen molar-refractivity contribution in [3.63, 3.8) is 0 Å². The monoisotopic (exact) mass is 331 g/mol. The lowest BCUT2D eigenvalue weighted by atomic mass is 10.1. The Labute approximate surface area is 138 Å². The molecule has 7 nitrogen and oxygen atoms in total. The number of Topliss-reactive ketones (excluding diaryl/α,β-unsaturated/α-hetero) is 1. The summed E-state index contributed by atoms with van der Waals surface area (Å²) >= 11 is 0. The van der Waals surface area contributed by atoms with Crippen molar-refractivity contribution in [1.82, 2.24) is 4.90 Å². The van der Waals surface area contributed by atoms with Gasteiger partial charge in [-0.2, -0.15) is 0 Å². The number of hydrogen-bond donors (Lipinski definition) is 1. The minimum Gasteiger partial charge on any atom is -0.481 e. The highest BCUT2D eigenvalue weighted by Gasteiger charge is 2.34. The maximum Gasteiger partial charge on any atom is 0.310 e. The van der Waals surface area contributed by atoms with Crippen molar-refractivity contribution in [2.45, 2.75) is 18.9 Å². The van der Waals surface area contributed by atoms with Gasteiger partial charge in [0.05, 0.1) is 24.3 Å². The summed E-state index contributed by atoms with van der Waals surface area (Å²) in [5, 5.41) is 8.67. The minimum absolute atomic E-state index is 0.0136. The Kier molecular flexibility index (Phi) is 5.59. The van der Waals surface area contributed by atoms with E-state index in [1.165, 1.54) is 6.08 Å². The zero-order valence-corrected chi connectivity index (χ0v) is 12.9. The molecular formula is C17H17NO6. The number of benzene rings is 1. The van der Waals surface area contributed by atoms with E-state index >= 15 is 0 Å². The summed E-state index contributed by atoms with van der Waals surface area (Å²) < 4.78 is 5.37. The second kappa shape index (κ2) is 7.65. The van der Waals surface area contributed by atoms with Gasteiger partial charge in [-0.3, -0.25) is 24.1 Å². The van der Waals surface area contributed by atoms with Crippen LogP contribution >= 0.6 is 0 Å². The first kappa shape index (κ1) is 17.6. The van der Waals surface area contributed by atoms with Gasteiger partial charge in [-0.05, 0) is 18.6 Å². The van der Waals surface area contributed by atoms with E-state index in [4.69, 9.17) is 9.84 Å². The summed E-state index contributed by atoms with van der Waals surface area (Å²) in [6, 6.07) is 6.50. The van der Waals surface area contributed by atoms with Gasteiger partial charge in [0.2, 0.25) is 0 Å². The van der Waals surface area contributed by atoms with Crippen molar-refractivity contribution < 1.29 is 29.0 Å². The highest BCUT2D eigenvalue weighted by atomic mass is 16.5. The molecule has 7 heteroatoms. The molecule has 1 aromatic carbocycles. The maximum absolute atomic E-state index is 12.2. The van der Waals surface area contributed by atoms with Crippen LogP contribution in [0.5, 0.6) is 0 Å². The van der Waals surface area contributed by atoms with E-state index in [1.54, 1.807) is 24.3 Å². The Morgan fingerprint density at radius 2 is 1.79 bits per heavy atom. The number of hydrogen-bond acceptors (Lipinski definition) is 5. The number of carboxylic acids is 1. The van der Waals surface area contributed by atoms with Crippen LogP contribution in [0.1, 0.15) is 33.6 Å². The smallest absolute Gasteiger partial charge is 0.310 e. The fourth-order valence-electron chi connectivity index (χ4n) is 2.44. The SMILES string of the molecule is C=CCC(OCCN1C(=O)c2ccccc2C1=O)C(=O)CC(=O)O. The molecule has 0 spiro atoms. The van der Waals surface area contributed by atoms with Crippen molar-refractivity contribution in [3.05, 3.63) is 48.0 Å². The third kappa shape index (κ3) is 3.75. The van der Waals surface area contributed by atoms with Crippen LogP contribution in [0.25, 0.3) is 0 Å². The lowest BCUT2D eigenvalue weighted by molar-refractivity contribution is -0.143. The number of ketones is 1. The quantitative estimate of drug-likeness (QED) is 0.416. The summed E-state index contributed by atoms with van der Waals surface area (Å²) in [6.45, 7) is 3.43. The molecule has 1 N–H and O–H groups in total. The third-order valence-electron chi connectivity index (χ3n) is 3.58. The Morgan fingerprint density at radius 1 is 1.21 bits per heavy atom. The molecule has 0 saturated heterocycles. The predicted molar refractivity (Wildman–Crippen MR) is 83.6 cm³/mol. The van der Waals surface area contributed by atoms with Crippen LogP contribution in [0.15, 0.2) is 36.9 Å². The topological polar surface area (TPSA) is 101 Å². The molecule has 24 heavy (non-hydrogen) atoms. The van der Waals surface area contributed by atoms with Crippen molar-refractivity contribution in [2.75, 3.05) is 13.2 Å². The number of nitrogens with zero attached hydrogens (tertiary/aromatic N) is 1. The second-order valence-corrected chi connectivity index (χ2v) is 5.23. The predicted octanol–water partition coefficient (Wildman–Crippen LogP) is 1.29. The molecular weight excluding hydrogens is 314 g/mol. The number of aliphatic carboxylic acids is 1. The first-order valence-corrected chi connectivity index (χ1v) is 7.38. The molecule has 1 unspecified atom stereocenters. The summed E-state index contributed by atoms with van der Waals surface area (Å²) in [7, 11) is 0. The van der Waals surface area contributed by atoms with Gasteiger partial charge in [-0.15, -0.1) is 6.58 Å². The van der Waals surface area contributed by atoms with Crippen LogP contribution in [0.4, 0.5) is 0 Å². The number of imide groups is 1. The van der Waals surface area contributed by atoms with Crippen LogP contribution in [-0.4, -0.2) is 52.8 Å². The molecule has 1 aliphatic rings. The van der Waals surface area contributed by atoms with E-state index in [9.17, 15) is 19.2 Å². The molecule has 0 saturated carbocycles. The van der Waals surface area contributed by atoms with Crippen LogP contribution in [0.2, 0.25) is 0 Å². The fourth-order valence-corrected chi connectivity index (χ4v) is 2.44. The second-order valence-electron chi connectivity index (χ2n) is 5.23. The number of fused-ring (bicyclic) bond motifs is 1. The number of carboxylic acid groups (broad SMARTS) is 1. The van der Waals surface area contributed by atoms with Crippen molar-refractivity contribution in [2.24, 2.45) is 0 Å². The van der Waals surface area contributed by atoms with E-state index in [0.29, 0.717) is 11.1 Å². The normalized spacial score (nSPS) is 14.4. The lowest BCUT2D eigenvalue weighted by Gasteiger charge is -2.18. The van der Waals surface area contributed by atoms with Crippen LogP contribution in [0.3, 0.4) is 0 Å². The van der Waals surface area contributed by atoms with Crippen molar-refractivity contribution >= 4 is 23.6 Å². The average molecular weight is 331 g/mol. The molecule has 0 radical (unpaired) electrons. The van der Waals surface area contributed by atoms with Crippen LogP contribution < -0.4 is 0 Å². The van der Waals surface area contributed by atoms with Gasteiger partial charge in [0.15, 0.2) is 5.78 Å². The van der Waals surface area contributed by atoms with E-state index in [2.05, 4.69) is 6.58 Å². The highest BCUT2D eigenvalue weighted by molar-refractivity contribution is 6.21. The average Bonchev–Trinajstić information content (AvgIpc) is 2.78. The van der Waals surface area contributed by atoms with E-state index in [-0.39, 0.29) is 19.6 Å². The molecule has 1 heterocycles. The van der Waals surface area contributed by atoms with E-state index in [1.807, 2.05) is 0 Å².